The van der Waals surface area contributed by atoms with Gasteiger partial charge in [0.05, 0.1) is 30.4 Å². The summed E-state index contributed by atoms with van der Waals surface area (Å²) in [6.07, 6.45) is 0.864. The van der Waals surface area contributed by atoms with Crippen molar-refractivity contribution in [3.05, 3.63) is 35.1 Å². The van der Waals surface area contributed by atoms with Crippen molar-refractivity contribution in [1.82, 2.24) is 5.32 Å². The molecule has 19 heavy (non-hydrogen) atoms. The number of nitrogens with one attached hydrogen (secondary N) is 1. The molecule has 5 heteroatoms. The zero-order valence-corrected chi connectivity index (χ0v) is 10.4. The van der Waals surface area contributed by atoms with E-state index < -0.39 is 11.4 Å². The van der Waals surface area contributed by atoms with Crippen LogP contribution in [0.2, 0.25) is 0 Å². The van der Waals surface area contributed by atoms with Crippen molar-refractivity contribution in [3.8, 4) is 6.07 Å². The van der Waals surface area contributed by atoms with Crippen molar-refractivity contribution in [2.45, 2.75) is 30.5 Å². The van der Waals surface area contributed by atoms with E-state index in [1.165, 1.54) is 18.2 Å². The molecular formula is C14H15FN2O2. The SMILES string of the molecule is N#Cc1ccc(F)cc1C1(O)CC2COCC(C1)N2. The van der Waals surface area contributed by atoms with Crippen LogP contribution in [0.5, 0.6) is 0 Å². The van der Waals surface area contributed by atoms with Gasteiger partial charge in [-0.25, -0.2) is 4.39 Å². The Bertz CT molecular complexity index is 529. The Morgan fingerprint density at radius 2 is 2.05 bits per heavy atom. The molecule has 2 aliphatic heterocycles. The number of benzene rings is 1. The molecule has 4 nitrogen and oxygen atoms in total. The Kier molecular flexibility index (Phi) is 3.02. The average Bonchev–Trinajstić information content (AvgIpc) is 2.38. The molecule has 2 N–H and O–H groups in total. The molecule has 2 atom stereocenters. The third-order valence-corrected chi connectivity index (χ3v) is 3.88. The van der Waals surface area contributed by atoms with Crippen LogP contribution in [0.25, 0.3) is 0 Å². The molecule has 1 aromatic rings. The fourth-order valence-electron chi connectivity index (χ4n) is 3.14. The van der Waals surface area contributed by atoms with E-state index in [0.29, 0.717) is 37.2 Å². The lowest BCUT2D eigenvalue weighted by atomic mass is 9.76. The highest BCUT2D eigenvalue weighted by molar-refractivity contribution is 5.42. The molecule has 0 spiro atoms. The highest BCUT2D eigenvalue weighted by Gasteiger charge is 2.43. The molecule has 2 unspecified atom stereocenters. The van der Waals surface area contributed by atoms with E-state index in [-0.39, 0.29) is 12.1 Å². The number of aliphatic hydroxyl groups is 1. The van der Waals surface area contributed by atoms with Crippen molar-refractivity contribution in [1.29, 1.82) is 5.26 Å². The second kappa shape index (κ2) is 4.57. The van der Waals surface area contributed by atoms with E-state index in [1.54, 1.807) is 0 Å². The fourth-order valence-corrected chi connectivity index (χ4v) is 3.14. The summed E-state index contributed by atoms with van der Waals surface area (Å²) >= 11 is 0. The fraction of sp³-hybridized carbons (Fsp3) is 0.500. The number of nitrogens with zero attached hydrogens (tertiary/aromatic N) is 1. The second-order valence-electron chi connectivity index (χ2n) is 5.34. The van der Waals surface area contributed by atoms with Gasteiger partial charge in [0.15, 0.2) is 0 Å². The quantitative estimate of drug-likeness (QED) is 0.793. The van der Waals surface area contributed by atoms with Crippen molar-refractivity contribution in [3.63, 3.8) is 0 Å². The van der Waals surface area contributed by atoms with Crippen molar-refractivity contribution < 1.29 is 14.2 Å². The Hall–Kier alpha value is -1.48. The van der Waals surface area contributed by atoms with Crippen LogP contribution in [0.1, 0.15) is 24.0 Å². The van der Waals surface area contributed by atoms with Gasteiger partial charge in [0.1, 0.15) is 5.82 Å². The van der Waals surface area contributed by atoms with Crippen LogP contribution in [0.4, 0.5) is 4.39 Å². The molecule has 0 amide bonds. The summed E-state index contributed by atoms with van der Waals surface area (Å²) < 4.78 is 18.9. The van der Waals surface area contributed by atoms with E-state index >= 15 is 0 Å². The summed E-state index contributed by atoms with van der Waals surface area (Å²) in [6, 6.07) is 6.08. The first-order chi connectivity index (χ1) is 9.10. The van der Waals surface area contributed by atoms with Crippen molar-refractivity contribution in [2.24, 2.45) is 0 Å². The summed E-state index contributed by atoms with van der Waals surface area (Å²) in [5, 5.41) is 23.4. The van der Waals surface area contributed by atoms with Crippen LogP contribution in [0, 0.1) is 17.1 Å². The van der Waals surface area contributed by atoms with Gasteiger partial charge in [-0.1, -0.05) is 0 Å². The summed E-state index contributed by atoms with van der Waals surface area (Å²) in [7, 11) is 0. The van der Waals surface area contributed by atoms with Gasteiger partial charge in [0.2, 0.25) is 0 Å². The number of nitriles is 1. The van der Waals surface area contributed by atoms with Crippen LogP contribution in [-0.4, -0.2) is 30.4 Å². The van der Waals surface area contributed by atoms with Crippen LogP contribution >= 0.6 is 0 Å². The standard InChI is InChI=1S/C14H15FN2O2/c15-10-2-1-9(6-16)13(3-10)14(18)4-11-7-19-8-12(5-14)17-11/h1-3,11-12,17-18H,4-5,7-8H2. The Morgan fingerprint density at radius 1 is 1.37 bits per heavy atom. The van der Waals surface area contributed by atoms with Crippen molar-refractivity contribution in [2.75, 3.05) is 13.2 Å². The molecule has 2 fully saturated rings. The number of morpholine rings is 1. The number of halogens is 1. The van der Waals surface area contributed by atoms with E-state index in [1.807, 2.05) is 6.07 Å². The first-order valence-electron chi connectivity index (χ1n) is 6.37. The highest BCUT2D eigenvalue weighted by Crippen LogP contribution is 2.38. The van der Waals surface area contributed by atoms with Crippen LogP contribution in [0.3, 0.4) is 0 Å². The Morgan fingerprint density at radius 3 is 2.68 bits per heavy atom. The van der Waals surface area contributed by atoms with Gasteiger partial charge in [0, 0.05) is 17.6 Å². The zero-order valence-electron chi connectivity index (χ0n) is 10.4. The van der Waals surface area contributed by atoms with Crippen LogP contribution in [-0.2, 0) is 10.3 Å². The maximum Gasteiger partial charge on any atom is 0.123 e. The normalized spacial score (nSPS) is 33.7. The lowest BCUT2D eigenvalue weighted by Crippen LogP contribution is -2.58. The van der Waals surface area contributed by atoms with Gasteiger partial charge in [-0.3, -0.25) is 0 Å². The number of ether oxygens (including phenoxy) is 1. The molecule has 2 bridgehead atoms. The second-order valence-corrected chi connectivity index (χ2v) is 5.34. The number of hydrogen-bond donors (Lipinski definition) is 2. The third kappa shape index (κ3) is 2.23. The topological polar surface area (TPSA) is 65.3 Å². The maximum atomic E-state index is 13.4. The van der Waals surface area contributed by atoms with Gasteiger partial charge in [-0.2, -0.15) is 5.26 Å². The molecule has 0 aromatic heterocycles. The van der Waals surface area contributed by atoms with Crippen LogP contribution in [0.15, 0.2) is 18.2 Å². The maximum absolute atomic E-state index is 13.4. The molecule has 2 heterocycles. The van der Waals surface area contributed by atoms with E-state index in [0.717, 1.165) is 0 Å². The third-order valence-electron chi connectivity index (χ3n) is 3.88. The monoisotopic (exact) mass is 262 g/mol. The summed E-state index contributed by atoms with van der Waals surface area (Å²) in [6.45, 7) is 1.08. The van der Waals surface area contributed by atoms with Gasteiger partial charge < -0.3 is 15.2 Å². The molecule has 0 radical (unpaired) electrons. The minimum Gasteiger partial charge on any atom is -0.385 e. The minimum atomic E-state index is -1.16. The van der Waals surface area contributed by atoms with E-state index in [2.05, 4.69) is 5.32 Å². The Balaban J connectivity index is 2.00. The summed E-state index contributed by atoms with van der Waals surface area (Å²) in [5.41, 5.74) is -0.421. The van der Waals surface area contributed by atoms with Gasteiger partial charge in [-0.15, -0.1) is 0 Å². The molecule has 2 saturated heterocycles. The van der Waals surface area contributed by atoms with Gasteiger partial charge in [-0.05, 0) is 31.0 Å². The van der Waals surface area contributed by atoms with Crippen LogP contribution < -0.4 is 5.32 Å². The van der Waals surface area contributed by atoms with Crippen molar-refractivity contribution >= 4 is 0 Å². The first-order valence-corrected chi connectivity index (χ1v) is 6.37. The number of fused-ring (bicyclic) bond motifs is 2. The first kappa shape index (κ1) is 12.5. The lowest BCUT2D eigenvalue weighted by molar-refractivity contribution is -0.0804. The highest BCUT2D eigenvalue weighted by atomic mass is 19.1. The largest absolute Gasteiger partial charge is 0.385 e. The summed E-state index contributed by atoms with van der Waals surface area (Å²) in [4.78, 5) is 0. The molecule has 1 aromatic carbocycles. The molecule has 0 aliphatic carbocycles. The van der Waals surface area contributed by atoms with Gasteiger partial charge in [0.25, 0.3) is 0 Å². The Labute approximate surface area is 110 Å². The minimum absolute atomic E-state index is 0.0484. The number of piperidine rings is 1. The summed E-state index contributed by atoms with van der Waals surface area (Å²) in [5.74, 6) is -0.428. The van der Waals surface area contributed by atoms with E-state index in [4.69, 9.17) is 10.00 Å². The number of hydrogen-bond acceptors (Lipinski definition) is 4. The number of rotatable bonds is 1. The predicted octanol–water partition coefficient (Wildman–Crippen LogP) is 1.04. The van der Waals surface area contributed by atoms with E-state index in [9.17, 15) is 9.50 Å². The molecule has 3 rings (SSSR count). The lowest BCUT2D eigenvalue weighted by Gasteiger charge is -2.45. The average molecular weight is 262 g/mol. The van der Waals surface area contributed by atoms with Gasteiger partial charge >= 0.3 is 0 Å². The predicted molar refractivity (Wildman–Crippen MR) is 65.8 cm³/mol. The smallest absolute Gasteiger partial charge is 0.123 e. The molecule has 2 aliphatic rings. The zero-order chi connectivity index (χ0) is 13.5. The molecular weight excluding hydrogens is 247 g/mol. The molecule has 0 saturated carbocycles. The molecule has 100 valence electrons.